The summed E-state index contributed by atoms with van der Waals surface area (Å²) in [5.74, 6) is -0.947. The molecule has 0 aliphatic carbocycles. The molecular weight excluding hydrogens is 230 g/mol. The second-order valence-electron chi connectivity index (χ2n) is 4.33. The van der Waals surface area contributed by atoms with E-state index in [9.17, 15) is 9.59 Å². The van der Waals surface area contributed by atoms with Crippen molar-refractivity contribution >= 4 is 17.3 Å². The van der Waals surface area contributed by atoms with Crippen LogP contribution in [-0.2, 0) is 16.0 Å². The zero-order valence-corrected chi connectivity index (χ0v) is 10.3. The Morgan fingerprint density at radius 3 is 2.33 bits per heavy atom. The van der Waals surface area contributed by atoms with Gasteiger partial charge in [-0.05, 0) is 30.0 Å². The highest BCUT2D eigenvalue weighted by atomic mass is 16.4. The molecule has 4 nitrogen and oxygen atoms in total. The molecule has 0 radical (unpaired) electrons. The molecule has 0 aliphatic heterocycles. The number of carbonyl (C=O) groups is 2. The first kappa shape index (κ1) is 14.1. The van der Waals surface area contributed by atoms with Crippen molar-refractivity contribution in [1.29, 1.82) is 0 Å². The molecule has 0 amide bonds. The third-order valence-electron chi connectivity index (χ3n) is 2.60. The van der Waals surface area contributed by atoms with Gasteiger partial charge >= 0.3 is 5.97 Å². The normalized spacial score (nSPS) is 11.9. The second kappa shape index (κ2) is 6.12. The molecule has 1 unspecified atom stereocenters. The Labute approximate surface area is 106 Å². The van der Waals surface area contributed by atoms with Gasteiger partial charge in [-0.3, -0.25) is 9.59 Å². The summed E-state index contributed by atoms with van der Waals surface area (Å²) >= 11 is 0. The van der Waals surface area contributed by atoms with Gasteiger partial charge in [0.05, 0.1) is 0 Å². The van der Waals surface area contributed by atoms with Crippen molar-refractivity contribution in [3.05, 3.63) is 42.0 Å². The molecule has 1 atom stereocenters. The SMILES string of the molecule is C=C(CC(C)=O)c1ccc(CC(N)C(=O)O)cc1. The molecule has 4 heteroatoms. The molecular formula is C14H17NO3. The van der Waals surface area contributed by atoms with E-state index in [1.807, 2.05) is 24.3 Å². The number of carboxylic acid groups (broad SMARTS) is 1. The van der Waals surface area contributed by atoms with Crippen LogP contribution in [0.15, 0.2) is 30.8 Å². The van der Waals surface area contributed by atoms with Crippen molar-refractivity contribution in [3.8, 4) is 0 Å². The maximum atomic E-state index is 11.0. The fraction of sp³-hybridized carbons (Fsp3) is 0.286. The van der Waals surface area contributed by atoms with Crippen molar-refractivity contribution in [3.63, 3.8) is 0 Å². The third kappa shape index (κ3) is 4.14. The van der Waals surface area contributed by atoms with E-state index in [2.05, 4.69) is 6.58 Å². The Morgan fingerprint density at radius 2 is 1.89 bits per heavy atom. The molecule has 0 heterocycles. The topological polar surface area (TPSA) is 80.4 Å². The first-order valence-electron chi connectivity index (χ1n) is 5.65. The number of carbonyl (C=O) groups excluding carboxylic acids is 1. The highest BCUT2D eigenvalue weighted by Crippen LogP contribution is 2.17. The van der Waals surface area contributed by atoms with Gasteiger partial charge in [-0.2, -0.15) is 0 Å². The molecule has 0 saturated carbocycles. The number of rotatable bonds is 6. The molecule has 0 spiro atoms. The summed E-state index contributed by atoms with van der Waals surface area (Å²) in [6.45, 7) is 5.36. The minimum absolute atomic E-state index is 0.0666. The zero-order chi connectivity index (χ0) is 13.7. The summed E-state index contributed by atoms with van der Waals surface area (Å²) in [6.07, 6.45) is 0.614. The van der Waals surface area contributed by atoms with Crippen LogP contribution in [0.2, 0.25) is 0 Å². The van der Waals surface area contributed by atoms with E-state index >= 15 is 0 Å². The largest absolute Gasteiger partial charge is 0.480 e. The lowest BCUT2D eigenvalue weighted by Gasteiger charge is -2.08. The molecule has 1 aromatic carbocycles. The number of benzene rings is 1. The Balaban J connectivity index is 2.71. The number of allylic oxidation sites excluding steroid dienone is 1. The Bertz CT molecular complexity index is 462. The molecule has 0 fully saturated rings. The number of carboxylic acids is 1. The molecule has 0 saturated heterocycles. The predicted octanol–water partition coefficient (Wildman–Crippen LogP) is 1.63. The molecule has 3 N–H and O–H groups in total. The van der Waals surface area contributed by atoms with Gasteiger partial charge in [0.15, 0.2) is 0 Å². The number of Topliss-reactive ketones (excluding diaryl/α,β-unsaturated/α-hetero) is 1. The molecule has 96 valence electrons. The van der Waals surface area contributed by atoms with Crippen LogP contribution in [0.3, 0.4) is 0 Å². The van der Waals surface area contributed by atoms with E-state index in [1.54, 1.807) is 0 Å². The number of ketones is 1. The zero-order valence-electron chi connectivity index (χ0n) is 10.3. The monoisotopic (exact) mass is 247 g/mol. The van der Waals surface area contributed by atoms with Crippen molar-refractivity contribution in [2.24, 2.45) is 5.73 Å². The number of nitrogens with two attached hydrogens (primary N) is 1. The van der Waals surface area contributed by atoms with Crippen LogP contribution in [0.5, 0.6) is 0 Å². The summed E-state index contributed by atoms with van der Waals surface area (Å²) in [5, 5.41) is 8.71. The number of hydrogen-bond acceptors (Lipinski definition) is 3. The lowest BCUT2D eigenvalue weighted by Crippen LogP contribution is -2.32. The highest BCUT2D eigenvalue weighted by molar-refractivity contribution is 5.87. The summed E-state index contributed by atoms with van der Waals surface area (Å²) < 4.78 is 0. The summed E-state index contributed by atoms with van der Waals surface area (Å²) in [5.41, 5.74) is 7.95. The molecule has 0 bridgehead atoms. The van der Waals surface area contributed by atoms with Crippen molar-refractivity contribution < 1.29 is 14.7 Å². The van der Waals surface area contributed by atoms with E-state index in [0.717, 1.165) is 16.7 Å². The predicted molar refractivity (Wildman–Crippen MR) is 70.1 cm³/mol. The minimum Gasteiger partial charge on any atom is -0.480 e. The van der Waals surface area contributed by atoms with Crippen LogP contribution in [-0.4, -0.2) is 22.9 Å². The Morgan fingerprint density at radius 1 is 1.33 bits per heavy atom. The van der Waals surface area contributed by atoms with Gasteiger partial charge in [0.2, 0.25) is 0 Å². The lowest BCUT2D eigenvalue weighted by molar-refractivity contribution is -0.138. The smallest absolute Gasteiger partial charge is 0.320 e. The fourth-order valence-corrected chi connectivity index (χ4v) is 1.62. The summed E-state index contributed by atoms with van der Waals surface area (Å²) in [6, 6.07) is 6.38. The third-order valence-corrected chi connectivity index (χ3v) is 2.60. The van der Waals surface area contributed by atoms with Crippen LogP contribution in [0.25, 0.3) is 5.57 Å². The molecule has 0 aliphatic rings. The van der Waals surface area contributed by atoms with Crippen molar-refractivity contribution in [2.45, 2.75) is 25.8 Å². The van der Waals surface area contributed by atoms with Crippen LogP contribution >= 0.6 is 0 Å². The van der Waals surface area contributed by atoms with Crippen molar-refractivity contribution in [1.82, 2.24) is 0 Å². The standard InChI is InChI=1S/C14H17NO3/c1-9(7-10(2)16)12-5-3-11(4-6-12)8-13(15)14(17)18/h3-6,13H,1,7-8,15H2,2H3,(H,17,18). The Kier molecular flexibility index (Phi) is 4.80. The van der Waals surface area contributed by atoms with Crippen molar-refractivity contribution in [2.75, 3.05) is 0 Å². The molecule has 0 aromatic heterocycles. The van der Waals surface area contributed by atoms with E-state index in [1.165, 1.54) is 6.92 Å². The van der Waals surface area contributed by atoms with E-state index < -0.39 is 12.0 Å². The molecule has 1 rings (SSSR count). The lowest BCUT2D eigenvalue weighted by atomic mass is 9.99. The van der Waals surface area contributed by atoms with E-state index in [0.29, 0.717) is 6.42 Å². The van der Waals surface area contributed by atoms with Crippen LogP contribution in [0, 0.1) is 0 Å². The van der Waals surface area contributed by atoms with Gasteiger partial charge in [-0.1, -0.05) is 30.8 Å². The number of aliphatic carboxylic acids is 1. The maximum Gasteiger partial charge on any atom is 0.320 e. The van der Waals surface area contributed by atoms with Crippen LogP contribution < -0.4 is 5.73 Å². The fourth-order valence-electron chi connectivity index (χ4n) is 1.62. The first-order valence-corrected chi connectivity index (χ1v) is 5.65. The molecule has 1 aromatic rings. The maximum absolute atomic E-state index is 11.0. The number of hydrogen-bond donors (Lipinski definition) is 2. The minimum atomic E-state index is -1.01. The molecule has 18 heavy (non-hydrogen) atoms. The second-order valence-corrected chi connectivity index (χ2v) is 4.33. The van der Waals surface area contributed by atoms with E-state index in [-0.39, 0.29) is 12.2 Å². The van der Waals surface area contributed by atoms with Gasteiger partial charge in [0.25, 0.3) is 0 Å². The average Bonchev–Trinajstić information content (AvgIpc) is 2.28. The van der Waals surface area contributed by atoms with Crippen LogP contribution in [0.1, 0.15) is 24.5 Å². The average molecular weight is 247 g/mol. The highest BCUT2D eigenvalue weighted by Gasteiger charge is 2.12. The van der Waals surface area contributed by atoms with Gasteiger partial charge < -0.3 is 10.8 Å². The van der Waals surface area contributed by atoms with Gasteiger partial charge in [-0.15, -0.1) is 0 Å². The summed E-state index contributed by atoms with van der Waals surface area (Å²) in [7, 11) is 0. The first-order chi connectivity index (χ1) is 8.40. The van der Waals surface area contributed by atoms with Gasteiger partial charge in [0, 0.05) is 6.42 Å². The Hall–Kier alpha value is -1.94. The van der Waals surface area contributed by atoms with Gasteiger partial charge in [-0.25, -0.2) is 0 Å². The summed E-state index contributed by atoms with van der Waals surface area (Å²) in [4.78, 5) is 21.6. The van der Waals surface area contributed by atoms with Gasteiger partial charge in [0.1, 0.15) is 11.8 Å². The van der Waals surface area contributed by atoms with Crippen LogP contribution in [0.4, 0.5) is 0 Å². The van der Waals surface area contributed by atoms with E-state index in [4.69, 9.17) is 10.8 Å². The quantitative estimate of drug-likeness (QED) is 0.800.